The molecule has 0 aliphatic carbocycles. The van der Waals surface area contributed by atoms with Gasteiger partial charge in [-0.25, -0.2) is 4.68 Å². The number of nitriles is 1. The maximum absolute atomic E-state index is 13.2. The van der Waals surface area contributed by atoms with Gasteiger partial charge in [-0.15, -0.1) is 10.2 Å². The Bertz CT molecular complexity index is 1080. The summed E-state index contributed by atoms with van der Waals surface area (Å²) in [5, 5.41) is 17.3. The molecule has 1 aromatic heterocycles. The van der Waals surface area contributed by atoms with Crippen molar-refractivity contribution in [2.24, 2.45) is 0 Å². The van der Waals surface area contributed by atoms with Crippen LogP contribution in [0.2, 0.25) is 0 Å². The summed E-state index contributed by atoms with van der Waals surface area (Å²) in [7, 11) is 0. The molecule has 0 radical (unpaired) electrons. The van der Waals surface area contributed by atoms with Gasteiger partial charge in [-0.3, -0.25) is 4.79 Å². The molecule has 1 heterocycles. The molecule has 0 saturated heterocycles. The number of hydrogen-bond acceptors (Lipinski definition) is 6. The van der Waals surface area contributed by atoms with Gasteiger partial charge in [-0.1, -0.05) is 57.5 Å². The van der Waals surface area contributed by atoms with Crippen LogP contribution < -0.4 is 10.7 Å². The zero-order valence-corrected chi connectivity index (χ0v) is 19.0. The number of aryl methyl sites for hydroxylation is 1. The van der Waals surface area contributed by atoms with Crippen LogP contribution in [0.1, 0.15) is 18.9 Å². The SMILES string of the molecule is Cc1ccc(N(CCC#N)C(=O)C(C)Sc2nnc(-c3ccccc3Br)n2N)cc1. The Morgan fingerprint density at radius 2 is 1.97 bits per heavy atom. The summed E-state index contributed by atoms with van der Waals surface area (Å²) in [6.07, 6.45) is 0.246. The van der Waals surface area contributed by atoms with Gasteiger partial charge in [0.25, 0.3) is 0 Å². The fourth-order valence-electron chi connectivity index (χ4n) is 2.86. The Morgan fingerprint density at radius 3 is 2.63 bits per heavy atom. The van der Waals surface area contributed by atoms with Crippen LogP contribution in [0.3, 0.4) is 0 Å². The fourth-order valence-corrected chi connectivity index (χ4v) is 4.16. The van der Waals surface area contributed by atoms with Crippen LogP contribution in [-0.4, -0.2) is 32.6 Å². The molecular weight excluding hydrogens is 464 g/mol. The molecule has 0 saturated carbocycles. The second-order valence-electron chi connectivity index (χ2n) is 6.65. The number of hydrogen-bond donors (Lipinski definition) is 1. The van der Waals surface area contributed by atoms with Gasteiger partial charge in [0.1, 0.15) is 0 Å². The van der Waals surface area contributed by atoms with Crippen LogP contribution in [0.4, 0.5) is 5.69 Å². The lowest BCUT2D eigenvalue weighted by Crippen LogP contribution is -2.37. The number of nitrogen functional groups attached to an aromatic ring is 1. The van der Waals surface area contributed by atoms with Crippen molar-refractivity contribution in [3.05, 3.63) is 58.6 Å². The summed E-state index contributed by atoms with van der Waals surface area (Å²) >= 11 is 4.73. The first-order valence-electron chi connectivity index (χ1n) is 9.29. The monoisotopic (exact) mass is 484 g/mol. The number of nitrogens with zero attached hydrogens (tertiary/aromatic N) is 5. The molecule has 1 unspecified atom stereocenters. The van der Waals surface area contributed by atoms with Gasteiger partial charge in [0.2, 0.25) is 11.1 Å². The van der Waals surface area contributed by atoms with Crippen LogP contribution in [-0.2, 0) is 4.79 Å². The lowest BCUT2D eigenvalue weighted by Gasteiger charge is -2.25. The van der Waals surface area contributed by atoms with E-state index in [1.54, 1.807) is 11.8 Å². The van der Waals surface area contributed by atoms with Crippen molar-refractivity contribution in [1.82, 2.24) is 14.9 Å². The van der Waals surface area contributed by atoms with E-state index in [0.717, 1.165) is 21.3 Å². The highest BCUT2D eigenvalue weighted by Gasteiger charge is 2.25. The molecule has 2 aromatic carbocycles. The van der Waals surface area contributed by atoms with Crippen LogP contribution in [0.15, 0.2) is 58.2 Å². The highest BCUT2D eigenvalue weighted by molar-refractivity contribution is 9.10. The first kappa shape index (κ1) is 21.9. The molecule has 0 aliphatic rings. The Morgan fingerprint density at radius 1 is 1.27 bits per heavy atom. The van der Waals surface area contributed by atoms with Gasteiger partial charge < -0.3 is 10.7 Å². The van der Waals surface area contributed by atoms with Crippen molar-refractivity contribution in [3.63, 3.8) is 0 Å². The van der Waals surface area contributed by atoms with E-state index in [2.05, 4.69) is 32.2 Å². The molecule has 0 bridgehead atoms. The molecule has 0 fully saturated rings. The van der Waals surface area contributed by atoms with Crippen molar-refractivity contribution in [1.29, 1.82) is 5.26 Å². The largest absolute Gasteiger partial charge is 0.335 e. The third kappa shape index (κ3) is 4.83. The lowest BCUT2D eigenvalue weighted by molar-refractivity contribution is -0.117. The number of aromatic nitrogens is 3. The minimum atomic E-state index is -0.469. The summed E-state index contributed by atoms with van der Waals surface area (Å²) in [6, 6.07) is 17.4. The van der Waals surface area contributed by atoms with E-state index < -0.39 is 5.25 Å². The molecule has 1 amide bonds. The first-order chi connectivity index (χ1) is 14.4. The number of carbonyl (C=O) groups is 1. The van der Waals surface area contributed by atoms with Crippen molar-refractivity contribution < 1.29 is 4.79 Å². The molecule has 3 rings (SSSR count). The zero-order valence-electron chi connectivity index (χ0n) is 16.6. The average molecular weight is 485 g/mol. The predicted octanol–water partition coefficient (Wildman–Crippen LogP) is 4.16. The normalized spacial score (nSPS) is 11.7. The summed E-state index contributed by atoms with van der Waals surface area (Å²) in [5.41, 5.74) is 2.68. The standard InChI is InChI=1S/C21H21BrN6OS/c1-14-8-10-16(11-9-14)27(13-5-12-23)20(29)15(2)30-21-26-25-19(28(21)24)17-6-3-4-7-18(17)22/h3-4,6-11,15H,5,13,24H2,1-2H3. The summed E-state index contributed by atoms with van der Waals surface area (Å²) < 4.78 is 2.24. The third-order valence-electron chi connectivity index (χ3n) is 4.47. The third-order valence-corrected chi connectivity index (χ3v) is 6.20. The molecule has 0 aliphatic heterocycles. The number of rotatable bonds is 7. The minimum absolute atomic E-state index is 0.121. The molecule has 154 valence electrons. The molecule has 30 heavy (non-hydrogen) atoms. The minimum Gasteiger partial charge on any atom is -0.335 e. The second kappa shape index (κ2) is 9.78. The number of halogens is 1. The number of benzene rings is 2. The highest BCUT2D eigenvalue weighted by Crippen LogP contribution is 2.30. The van der Waals surface area contributed by atoms with Crippen LogP contribution >= 0.6 is 27.7 Å². The van der Waals surface area contributed by atoms with E-state index in [0.29, 0.717) is 17.5 Å². The topological polar surface area (TPSA) is 101 Å². The Balaban J connectivity index is 1.81. The van der Waals surface area contributed by atoms with E-state index in [-0.39, 0.29) is 12.3 Å². The van der Waals surface area contributed by atoms with Gasteiger partial charge >= 0.3 is 0 Å². The summed E-state index contributed by atoms with van der Waals surface area (Å²) in [6.45, 7) is 4.11. The Kier molecular flexibility index (Phi) is 7.13. The zero-order chi connectivity index (χ0) is 21.7. The maximum atomic E-state index is 13.2. The number of carbonyl (C=O) groups excluding carboxylic acids is 1. The van der Waals surface area contributed by atoms with E-state index in [4.69, 9.17) is 11.1 Å². The molecular formula is C21H21BrN6OS. The molecule has 3 aromatic rings. The van der Waals surface area contributed by atoms with E-state index >= 15 is 0 Å². The van der Waals surface area contributed by atoms with Gasteiger partial charge in [-0.2, -0.15) is 5.26 Å². The predicted molar refractivity (Wildman–Crippen MR) is 122 cm³/mol. The quantitative estimate of drug-likeness (QED) is 0.399. The second-order valence-corrected chi connectivity index (χ2v) is 8.81. The smallest absolute Gasteiger partial charge is 0.240 e. The van der Waals surface area contributed by atoms with Crippen molar-refractivity contribution >= 4 is 39.3 Å². The van der Waals surface area contributed by atoms with Crippen molar-refractivity contribution in [3.8, 4) is 17.5 Å². The highest BCUT2D eigenvalue weighted by atomic mass is 79.9. The fraction of sp³-hybridized carbons (Fsp3) is 0.238. The summed E-state index contributed by atoms with van der Waals surface area (Å²) in [4.78, 5) is 14.8. The van der Waals surface area contributed by atoms with E-state index in [9.17, 15) is 4.79 Å². The number of nitrogens with two attached hydrogens (primary N) is 1. The lowest BCUT2D eigenvalue weighted by atomic mass is 10.2. The number of anilines is 1. The van der Waals surface area contributed by atoms with Gasteiger partial charge in [-0.05, 0) is 38.1 Å². The maximum Gasteiger partial charge on any atom is 0.240 e. The number of amides is 1. The first-order valence-corrected chi connectivity index (χ1v) is 11.0. The number of thioether (sulfide) groups is 1. The van der Waals surface area contributed by atoms with Crippen molar-refractivity contribution in [2.45, 2.75) is 30.7 Å². The molecule has 7 nitrogen and oxygen atoms in total. The van der Waals surface area contributed by atoms with Gasteiger partial charge in [0.05, 0.1) is 17.7 Å². The Hall–Kier alpha value is -2.83. The van der Waals surface area contributed by atoms with Gasteiger partial charge in [0.15, 0.2) is 5.82 Å². The van der Waals surface area contributed by atoms with E-state index in [1.165, 1.54) is 16.4 Å². The van der Waals surface area contributed by atoms with Gasteiger partial charge in [0, 0.05) is 22.3 Å². The van der Waals surface area contributed by atoms with Crippen LogP contribution in [0, 0.1) is 18.3 Å². The molecule has 0 spiro atoms. The molecule has 9 heteroatoms. The van der Waals surface area contributed by atoms with Crippen LogP contribution in [0.25, 0.3) is 11.4 Å². The van der Waals surface area contributed by atoms with E-state index in [1.807, 2.05) is 55.5 Å². The van der Waals surface area contributed by atoms with Crippen molar-refractivity contribution in [2.75, 3.05) is 17.3 Å². The van der Waals surface area contributed by atoms with Crippen LogP contribution in [0.5, 0.6) is 0 Å². The molecule has 1 atom stereocenters. The average Bonchev–Trinajstić information content (AvgIpc) is 3.09. The Labute approximate surface area is 188 Å². The summed E-state index contributed by atoms with van der Waals surface area (Å²) in [5.74, 6) is 6.60. The molecule has 2 N–H and O–H groups in total.